The van der Waals surface area contributed by atoms with Crippen molar-refractivity contribution in [2.75, 3.05) is 11.5 Å². The molecule has 1 aromatic heterocycles. The van der Waals surface area contributed by atoms with Crippen molar-refractivity contribution in [3.63, 3.8) is 0 Å². The zero-order valence-electron chi connectivity index (χ0n) is 25.2. The number of hydrogen-bond acceptors (Lipinski definition) is 3. The molecule has 3 aromatic rings. The van der Waals surface area contributed by atoms with Crippen molar-refractivity contribution in [1.82, 2.24) is 0 Å². The largest absolute Gasteiger partial charge is 1.00 e. The number of benzene rings is 2. The second-order valence-electron chi connectivity index (χ2n) is 10.9. The van der Waals surface area contributed by atoms with Crippen molar-refractivity contribution >= 4 is 34.5 Å². The molecule has 0 N–H and O–H groups in total. The minimum absolute atomic E-state index is 0. The summed E-state index contributed by atoms with van der Waals surface area (Å²) < 4.78 is 8.24. The monoisotopic (exact) mass is 662 g/mol. The molecule has 1 amide bonds. The standard InChI is InChI=1S/C34H48ClN2O2S.BrH/c1-4-5-6-7-8-9-10-11-12-13-14-15-21-39-34-23-31(19-20-33(34)35)26-37(29(3)38)32-18-16-17-30(22-32)25-36-24-28(2)40-27-36;/h16-20,22-24,27H,4-15,21,25-26H2,1-3H3;1H/q+1;/p-1. The lowest BCUT2D eigenvalue weighted by Gasteiger charge is -2.22. The summed E-state index contributed by atoms with van der Waals surface area (Å²) in [6, 6.07) is 14.0. The number of carbonyl (C=O) groups is 1. The van der Waals surface area contributed by atoms with Gasteiger partial charge in [0.05, 0.1) is 23.1 Å². The second kappa shape index (κ2) is 20.1. The molecular formula is C34H48BrClN2O2S. The van der Waals surface area contributed by atoms with E-state index in [0.717, 1.165) is 29.8 Å². The van der Waals surface area contributed by atoms with Gasteiger partial charge in [0.15, 0.2) is 12.7 Å². The number of amides is 1. The van der Waals surface area contributed by atoms with Gasteiger partial charge in [-0.25, -0.2) is 0 Å². The van der Waals surface area contributed by atoms with Crippen LogP contribution in [0.3, 0.4) is 0 Å². The van der Waals surface area contributed by atoms with Crippen molar-refractivity contribution in [2.24, 2.45) is 0 Å². The summed E-state index contributed by atoms with van der Waals surface area (Å²) in [6.45, 7) is 7.91. The molecular weight excluding hydrogens is 616 g/mol. The number of ether oxygens (including phenoxy) is 1. The molecule has 0 aliphatic carbocycles. The Morgan fingerprint density at radius 1 is 0.902 bits per heavy atom. The molecule has 2 aromatic carbocycles. The SMILES string of the molecule is CCCCCCCCCCCCCCOc1cc(CN(C(C)=O)c2cccc(C[n+]3csc(C)c3)c2)ccc1Cl.[Br-]. The third-order valence-electron chi connectivity index (χ3n) is 7.28. The van der Waals surface area contributed by atoms with E-state index < -0.39 is 0 Å². The molecule has 0 spiro atoms. The van der Waals surface area contributed by atoms with E-state index in [1.807, 2.05) is 35.2 Å². The Hall–Kier alpha value is -1.89. The lowest BCUT2D eigenvalue weighted by atomic mass is 10.1. The van der Waals surface area contributed by atoms with Crippen molar-refractivity contribution in [3.8, 4) is 5.75 Å². The van der Waals surface area contributed by atoms with Crippen LogP contribution in [0.1, 0.15) is 107 Å². The Morgan fingerprint density at radius 3 is 2.17 bits per heavy atom. The van der Waals surface area contributed by atoms with Gasteiger partial charge in [0.25, 0.3) is 0 Å². The molecule has 0 fully saturated rings. The summed E-state index contributed by atoms with van der Waals surface area (Å²) in [5.74, 6) is 0.703. The first kappa shape index (κ1) is 35.3. The van der Waals surface area contributed by atoms with E-state index in [4.69, 9.17) is 16.3 Å². The number of aryl methyl sites for hydroxylation is 1. The van der Waals surface area contributed by atoms with Crippen LogP contribution in [0.25, 0.3) is 0 Å². The number of anilines is 1. The van der Waals surface area contributed by atoms with E-state index in [1.165, 1.54) is 75.5 Å². The number of halogens is 2. The van der Waals surface area contributed by atoms with Gasteiger partial charge in [0.1, 0.15) is 5.75 Å². The number of aromatic nitrogens is 1. The van der Waals surface area contributed by atoms with Crippen LogP contribution in [-0.2, 0) is 17.9 Å². The van der Waals surface area contributed by atoms with Gasteiger partial charge < -0.3 is 26.6 Å². The highest BCUT2D eigenvalue weighted by Gasteiger charge is 2.15. The Morgan fingerprint density at radius 2 is 1.56 bits per heavy atom. The van der Waals surface area contributed by atoms with Gasteiger partial charge >= 0.3 is 0 Å². The average molecular weight is 664 g/mol. The first-order valence-corrected chi connectivity index (χ1v) is 16.4. The molecule has 0 atom stereocenters. The molecule has 0 aliphatic heterocycles. The summed E-state index contributed by atoms with van der Waals surface area (Å²) in [6.07, 6.45) is 18.0. The summed E-state index contributed by atoms with van der Waals surface area (Å²) >= 11 is 8.19. The van der Waals surface area contributed by atoms with E-state index in [2.05, 4.69) is 42.3 Å². The number of carbonyl (C=O) groups excluding carboxylic acids is 1. The Kier molecular flexibility index (Phi) is 17.3. The normalized spacial score (nSPS) is 10.8. The Balaban J connectivity index is 0.00000588. The fraction of sp³-hybridized carbons (Fsp3) is 0.529. The number of unbranched alkanes of at least 4 members (excludes halogenated alkanes) is 11. The van der Waals surface area contributed by atoms with Gasteiger partial charge in [0.2, 0.25) is 11.4 Å². The third-order valence-corrected chi connectivity index (χ3v) is 8.45. The third kappa shape index (κ3) is 13.3. The van der Waals surface area contributed by atoms with E-state index in [0.29, 0.717) is 23.9 Å². The summed E-state index contributed by atoms with van der Waals surface area (Å²) in [4.78, 5) is 15.7. The lowest BCUT2D eigenvalue weighted by molar-refractivity contribution is -0.683. The molecule has 0 aliphatic rings. The van der Waals surface area contributed by atoms with Crippen LogP contribution in [-0.4, -0.2) is 12.5 Å². The van der Waals surface area contributed by atoms with Gasteiger partial charge in [-0.1, -0.05) is 119 Å². The van der Waals surface area contributed by atoms with Crippen molar-refractivity contribution in [1.29, 1.82) is 0 Å². The fourth-order valence-electron chi connectivity index (χ4n) is 5.01. The maximum Gasteiger partial charge on any atom is 0.225 e. The predicted molar refractivity (Wildman–Crippen MR) is 170 cm³/mol. The number of rotatable bonds is 19. The van der Waals surface area contributed by atoms with Crippen molar-refractivity contribution in [2.45, 2.75) is 111 Å². The van der Waals surface area contributed by atoms with Crippen LogP contribution in [0.2, 0.25) is 5.02 Å². The maximum atomic E-state index is 12.6. The highest BCUT2D eigenvalue weighted by molar-refractivity contribution is 7.09. The second-order valence-corrected chi connectivity index (χ2v) is 12.4. The van der Waals surface area contributed by atoms with Gasteiger partial charge in [-0.2, -0.15) is 4.57 Å². The van der Waals surface area contributed by atoms with Gasteiger partial charge in [-0.3, -0.25) is 4.79 Å². The molecule has 7 heteroatoms. The van der Waals surface area contributed by atoms with E-state index in [9.17, 15) is 4.79 Å². The minimum Gasteiger partial charge on any atom is -1.00 e. The molecule has 226 valence electrons. The van der Waals surface area contributed by atoms with Crippen LogP contribution in [0.15, 0.2) is 54.2 Å². The quantitative estimate of drug-likeness (QED) is 0.106. The van der Waals surface area contributed by atoms with Gasteiger partial charge in [-0.15, -0.1) is 0 Å². The van der Waals surface area contributed by atoms with E-state index in [-0.39, 0.29) is 22.9 Å². The number of nitrogens with zero attached hydrogens (tertiary/aromatic N) is 2. The molecule has 4 nitrogen and oxygen atoms in total. The molecule has 0 saturated heterocycles. The van der Waals surface area contributed by atoms with E-state index in [1.54, 1.807) is 18.3 Å². The molecule has 3 rings (SSSR count). The molecule has 0 radical (unpaired) electrons. The van der Waals surface area contributed by atoms with Crippen LogP contribution in [0.4, 0.5) is 5.69 Å². The smallest absolute Gasteiger partial charge is 0.225 e. The summed E-state index contributed by atoms with van der Waals surface area (Å²) in [5.41, 5.74) is 5.18. The Labute approximate surface area is 267 Å². The van der Waals surface area contributed by atoms with Gasteiger partial charge in [-0.05, 0) is 43.2 Å². The highest BCUT2D eigenvalue weighted by Crippen LogP contribution is 2.28. The van der Waals surface area contributed by atoms with Crippen LogP contribution in [0, 0.1) is 6.92 Å². The maximum absolute atomic E-state index is 12.6. The molecule has 41 heavy (non-hydrogen) atoms. The fourth-order valence-corrected chi connectivity index (χ4v) is 5.82. The first-order chi connectivity index (χ1) is 19.5. The first-order valence-electron chi connectivity index (χ1n) is 15.2. The predicted octanol–water partition coefficient (Wildman–Crippen LogP) is 6.68. The highest BCUT2D eigenvalue weighted by atomic mass is 79.9. The lowest BCUT2D eigenvalue weighted by Crippen LogP contribution is -3.00. The zero-order chi connectivity index (χ0) is 28.6. The Bertz CT molecular complexity index is 1170. The zero-order valence-corrected chi connectivity index (χ0v) is 28.3. The van der Waals surface area contributed by atoms with E-state index >= 15 is 0 Å². The van der Waals surface area contributed by atoms with Gasteiger partial charge in [0, 0.05) is 18.2 Å². The summed E-state index contributed by atoms with van der Waals surface area (Å²) in [7, 11) is 0. The summed E-state index contributed by atoms with van der Waals surface area (Å²) in [5, 5.41) is 0.613. The molecule has 1 heterocycles. The topological polar surface area (TPSA) is 33.4 Å². The van der Waals surface area contributed by atoms with Crippen LogP contribution in [0.5, 0.6) is 5.75 Å². The minimum atomic E-state index is 0. The van der Waals surface area contributed by atoms with Crippen LogP contribution >= 0.6 is 22.9 Å². The van der Waals surface area contributed by atoms with Crippen LogP contribution < -0.4 is 31.2 Å². The molecule has 0 unspecified atom stereocenters. The van der Waals surface area contributed by atoms with Crippen molar-refractivity contribution < 1.29 is 31.1 Å². The number of hydrogen-bond donors (Lipinski definition) is 0. The molecule has 0 saturated carbocycles. The van der Waals surface area contributed by atoms with Crippen molar-refractivity contribution in [3.05, 3.63) is 75.2 Å². The average Bonchev–Trinajstić information content (AvgIpc) is 3.35. The molecule has 0 bridgehead atoms. The number of thiazole rings is 1.